The Morgan fingerprint density at radius 1 is 1.36 bits per heavy atom. The lowest BCUT2D eigenvalue weighted by atomic mass is 10.1. The lowest BCUT2D eigenvalue weighted by Crippen LogP contribution is -2.24. The van der Waals surface area contributed by atoms with Crippen LogP contribution in [0.15, 0.2) is 18.2 Å². The number of thioether (sulfide) groups is 1. The monoisotopic (exact) mass is 209 g/mol. The number of anilines is 2. The molecule has 1 aromatic rings. The van der Waals surface area contributed by atoms with E-state index in [4.69, 9.17) is 5.73 Å². The molecule has 0 saturated carbocycles. The molecule has 3 nitrogen and oxygen atoms in total. The van der Waals surface area contributed by atoms with Crippen LogP contribution in [0.25, 0.3) is 0 Å². The van der Waals surface area contributed by atoms with Crippen molar-refractivity contribution in [2.45, 2.75) is 18.9 Å². The van der Waals surface area contributed by atoms with Crippen LogP contribution in [0, 0.1) is 0 Å². The normalized spacial score (nSPS) is 18.0. The summed E-state index contributed by atoms with van der Waals surface area (Å²) in [5, 5.41) is 3.42. The Balaban J connectivity index is 1.95. The van der Waals surface area contributed by atoms with Crippen LogP contribution in [-0.4, -0.2) is 22.5 Å². The largest absolute Gasteiger partial charge is 0.384 e. The number of rotatable bonds is 2. The van der Waals surface area contributed by atoms with Crippen LogP contribution in [0.2, 0.25) is 0 Å². The van der Waals surface area contributed by atoms with Crippen molar-refractivity contribution in [2.24, 2.45) is 0 Å². The van der Waals surface area contributed by atoms with Gasteiger partial charge in [-0.3, -0.25) is 0 Å². The van der Waals surface area contributed by atoms with Gasteiger partial charge in [-0.15, -0.1) is 0 Å². The second-order valence-corrected chi connectivity index (χ2v) is 4.70. The number of hydrogen-bond acceptors (Lipinski definition) is 4. The minimum atomic E-state index is 0.575. The van der Waals surface area contributed by atoms with E-state index in [1.165, 1.54) is 24.3 Å². The minimum absolute atomic E-state index is 0.575. The van der Waals surface area contributed by atoms with Crippen LogP contribution >= 0.6 is 11.8 Å². The number of nitrogens with zero attached hydrogens (tertiary/aromatic N) is 1. The van der Waals surface area contributed by atoms with Gasteiger partial charge in [0.05, 0.1) is 0 Å². The molecule has 0 amide bonds. The third-order valence-corrected chi connectivity index (χ3v) is 3.39. The van der Waals surface area contributed by atoms with Gasteiger partial charge in [0.1, 0.15) is 11.6 Å². The standard InChI is InChI=1S/C10H15N3S/c11-9-2-1-3-10(13-9)12-8-4-6-14-7-5-8/h1-3,8H,4-7H2,(H3,11,12,13). The second-order valence-electron chi connectivity index (χ2n) is 3.48. The van der Waals surface area contributed by atoms with E-state index in [0.717, 1.165) is 5.82 Å². The van der Waals surface area contributed by atoms with Crippen molar-refractivity contribution in [3.05, 3.63) is 18.2 Å². The number of hydrogen-bond donors (Lipinski definition) is 2. The van der Waals surface area contributed by atoms with E-state index >= 15 is 0 Å². The molecule has 76 valence electrons. The maximum Gasteiger partial charge on any atom is 0.128 e. The molecule has 1 fully saturated rings. The topological polar surface area (TPSA) is 50.9 Å². The fourth-order valence-corrected chi connectivity index (χ4v) is 2.69. The molecule has 3 N–H and O–H groups in total. The third-order valence-electron chi connectivity index (χ3n) is 2.34. The smallest absolute Gasteiger partial charge is 0.128 e. The molecule has 2 rings (SSSR count). The van der Waals surface area contributed by atoms with Gasteiger partial charge in [-0.1, -0.05) is 6.07 Å². The van der Waals surface area contributed by atoms with Gasteiger partial charge in [0, 0.05) is 6.04 Å². The zero-order valence-corrected chi connectivity index (χ0v) is 8.89. The summed E-state index contributed by atoms with van der Waals surface area (Å²) in [6, 6.07) is 6.29. The first kappa shape index (κ1) is 9.65. The van der Waals surface area contributed by atoms with Crippen molar-refractivity contribution in [1.82, 2.24) is 4.98 Å². The van der Waals surface area contributed by atoms with Crippen LogP contribution < -0.4 is 11.1 Å². The molecule has 0 aliphatic carbocycles. The van der Waals surface area contributed by atoms with Crippen LogP contribution in [0.4, 0.5) is 11.6 Å². The minimum Gasteiger partial charge on any atom is -0.384 e. The van der Waals surface area contributed by atoms with Gasteiger partial charge in [-0.05, 0) is 36.5 Å². The average molecular weight is 209 g/mol. The van der Waals surface area contributed by atoms with Crippen molar-refractivity contribution >= 4 is 23.4 Å². The fraction of sp³-hybridized carbons (Fsp3) is 0.500. The Morgan fingerprint density at radius 2 is 2.14 bits per heavy atom. The van der Waals surface area contributed by atoms with Crippen LogP contribution in [-0.2, 0) is 0 Å². The Kier molecular flexibility index (Phi) is 3.14. The van der Waals surface area contributed by atoms with E-state index < -0.39 is 0 Å². The Hall–Kier alpha value is -0.900. The number of pyridine rings is 1. The van der Waals surface area contributed by atoms with Gasteiger partial charge in [0.2, 0.25) is 0 Å². The number of nitrogens with two attached hydrogens (primary N) is 1. The molecule has 0 unspecified atom stereocenters. The highest BCUT2D eigenvalue weighted by molar-refractivity contribution is 7.99. The van der Waals surface area contributed by atoms with Crippen molar-refractivity contribution in [3.63, 3.8) is 0 Å². The Bertz CT molecular complexity index is 297. The summed E-state index contributed by atoms with van der Waals surface area (Å²) < 4.78 is 0. The first-order valence-electron chi connectivity index (χ1n) is 4.91. The van der Waals surface area contributed by atoms with Crippen LogP contribution in [0.1, 0.15) is 12.8 Å². The Morgan fingerprint density at radius 3 is 2.86 bits per heavy atom. The van der Waals surface area contributed by atoms with Gasteiger partial charge < -0.3 is 11.1 Å². The van der Waals surface area contributed by atoms with Gasteiger partial charge in [-0.25, -0.2) is 4.98 Å². The highest BCUT2D eigenvalue weighted by Gasteiger charge is 2.13. The van der Waals surface area contributed by atoms with E-state index in [9.17, 15) is 0 Å². The zero-order chi connectivity index (χ0) is 9.80. The summed E-state index contributed by atoms with van der Waals surface area (Å²) in [6.45, 7) is 0. The predicted molar refractivity (Wildman–Crippen MR) is 62.6 cm³/mol. The van der Waals surface area contributed by atoms with Gasteiger partial charge in [-0.2, -0.15) is 11.8 Å². The molecule has 2 heterocycles. The van der Waals surface area contributed by atoms with E-state index in [2.05, 4.69) is 10.3 Å². The molecule has 0 bridgehead atoms. The highest BCUT2D eigenvalue weighted by Crippen LogP contribution is 2.20. The van der Waals surface area contributed by atoms with Crippen LogP contribution in [0.3, 0.4) is 0 Å². The summed E-state index contributed by atoms with van der Waals surface area (Å²) in [5.74, 6) is 3.99. The molecule has 1 aliphatic heterocycles. The van der Waals surface area contributed by atoms with E-state index in [1.807, 2.05) is 30.0 Å². The zero-order valence-electron chi connectivity index (χ0n) is 8.07. The number of aromatic nitrogens is 1. The molecule has 1 aromatic heterocycles. The molecule has 1 saturated heterocycles. The average Bonchev–Trinajstić information content (AvgIpc) is 2.19. The molecule has 0 atom stereocenters. The number of nitrogen functional groups attached to an aromatic ring is 1. The van der Waals surface area contributed by atoms with E-state index in [-0.39, 0.29) is 0 Å². The third kappa shape index (κ3) is 2.54. The molecular weight excluding hydrogens is 194 g/mol. The van der Waals surface area contributed by atoms with Crippen molar-refractivity contribution in [3.8, 4) is 0 Å². The summed E-state index contributed by atoms with van der Waals surface area (Å²) in [4.78, 5) is 4.23. The molecule has 4 heteroatoms. The molecule has 0 radical (unpaired) electrons. The maximum atomic E-state index is 5.61. The quantitative estimate of drug-likeness (QED) is 0.782. The molecule has 0 aromatic carbocycles. The first-order valence-corrected chi connectivity index (χ1v) is 6.07. The van der Waals surface area contributed by atoms with E-state index in [1.54, 1.807) is 0 Å². The number of nitrogens with one attached hydrogen (secondary N) is 1. The summed E-state index contributed by atoms with van der Waals surface area (Å²) in [7, 11) is 0. The molecular formula is C10H15N3S. The first-order chi connectivity index (χ1) is 6.84. The van der Waals surface area contributed by atoms with Crippen molar-refractivity contribution < 1.29 is 0 Å². The molecule has 1 aliphatic rings. The van der Waals surface area contributed by atoms with E-state index in [0.29, 0.717) is 11.9 Å². The molecule has 14 heavy (non-hydrogen) atoms. The fourth-order valence-electron chi connectivity index (χ4n) is 1.58. The summed E-state index contributed by atoms with van der Waals surface area (Å²) in [5.41, 5.74) is 5.61. The predicted octanol–water partition coefficient (Wildman–Crippen LogP) is 1.97. The Labute approximate surface area is 88.5 Å². The lowest BCUT2D eigenvalue weighted by Gasteiger charge is -2.22. The van der Waals surface area contributed by atoms with Crippen molar-refractivity contribution in [2.75, 3.05) is 22.6 Å². The van der Waals surface area contributed by atoms with Crippen LogP contribution in [0.5, 0.6) is 0 Å². The summed E-state index contributed by atoms with van der Waals surface area (Å²) in [6.07, 6.45) is 2.45. The van der Waals surface area contributed by atoms with Gasteiger partial charge >= 0.3 is 0 Å². The lowest BCUT2D eigenvalue weighted by molar-refractivity contribution is 0.664. The highest BCUT2D eigenvalue weighted by atomic mass is 32.2. The maximum absolute atomic E-state index is 5.61. The SMILES string of the molecule is Nc1cccc(NC2CCSCC2)n1. The second kappa shape index (κ2) is 4.55. The van der Waals surface area contributed by atoms with Gasteiger partial charge in [0.25, 0.3) is 0 Å². The molecule has 0 spiro atoms. The van der Waals surface area contributed by atoms with Crippen molar-refractivity contribution in [1.29, 1.82) is 0 Å². The summed E-state index contributed by atoms with van der Waals surface area (Å²) >= 11 is 2.03. The van der Waals surface area contributed by atoms with Gasteiger partial charge in [0.15, 0.2) is 0 Å².